The van der Waals surface area contributed by atoms with Crippen molar-refractivity contribution in [3.8, 4) is 5.75 Å². The summed E-state index contributed by atoms with van der Waals surface area (Å²) >= 11 is 6.22. The molecule has 0 aliphatic rings. The molecule has 0 aliphatic carbocycles. The normalized spacial score (nSPS) is 11.9. The number of hydrogen-bond acceptors (Lipinski definition) is 5. The van der Waals surface area contributed by atoms with Gasteiger partial charge in [-0.2, -0.15) is 0 Å². The molecule has 0 spiro atoms. The molecule has 1 N–H and O–H groups in total. The number of hydrogen-bond donors (Lipinski definition) is 1. The van der Waals surface area contributed by atoms with Crippen LogP contribution in [0.25, 0.3) is 0 Å². The summed E-state index contributed by atoms with van der Waals surface area (Å²) in [7, 11) is -2.59. The molecule has 3 aromatic carbocycles. The van der Waals surface area contributed by atoms with Crippen molar-refractivity contribution in [2.75, 3.05) is 24.5 Å². The van der Waals surface area contributed by atoms with Crippen LogP contribution in [0, 0.1) is 6.92 Å². The molecule has 3 rings (SSSR count). The minimum atomic E-state index is -4.15. The van der Waals surface area contributed by atoms with Crippen LogP contribution in [0.15, 0.2) is 77.7 Å². The highest BCUT2D eigenvalue weighted by Gasteiger charge is 2.33. The Morgan fingerprint density at radius 1 is 1.00 bits per heavy atom. The second-order valence-corrected chi connectivity index (χ2v) is 11.7. The Hall–Kier alpha value is -3.56. The van der Waals surface area contributed by atoms with Crippen LogP contribution in [0.4, 0.5) is 5.69 Å². The molecule has 214 valence electrons. The van der Waals surface area contributed by atoms with E-state index in [1.165, 1.54) is 23.1 Å². The molecule has 0 unspecified atom stereocenters. The average Bonchev–Trinajstić information content (AvgIpc) is 2.95. The van der Waals surface area contributed by atoms with E-state index >= 15 is 0 Å². The highest BCUT2D eigenvalue weighted by molar-refractivity contribution is 7.92. The number of anilines is 1. The molecule has 0 aromatic heterocycles. The molecule has 2 amide bonds. The van der Waals surface area contributed by atoms with Gasteiger partial charge in [-0.1, -0.05) is 61.3 Å². The van der Waals surface area contributed by atoms with Gasteiger partial charge in [0.25, 0.3) is 10.0 Å². The van der Waals surface area contributed by atoms with Crippen molar-refractivity contribution >= 4 is 39.1 Å². The number of amides is 2. The van der Waals surface area contributed by atoms with Gasteiger partial charge in [0.1, 0.15) is 18.3 Å². The first-order chi connectivity index (χ1) is 19.1. The van der Waals surface area contributed by atoms with Crippen LogP contribution in [0.5, 0.6) is 5.75 Å². The highest BCUT2D eigenvalue weighted by Crippen LogP contribution is 2.27. The molecule has 0 fully saturated rings. The molecule has 1 atom stereocenters. The number of methoxy groups -OCH3 is 1. The van der Waals surface area contributed by atoms with Crippen molar-refractivity contribution in [3.63, 3.8) is 0 Å². The first-order valence-electron chi connectivity index (χ1n) is 13.2. The van der Waals surface area contributed by atoms with Crippen LogP contribution in [-0.2, 0) is 26.2 Å². The fraction of sp³-hybridized carbons (Fsp3) is 0.333. The SMILES string of the molecule is CCCNC(=O)[C@H](CC)N(Cc1ccc(OC)cc1)C(=O)CN(c1cccc(Cl)c1)S(=O)(=O)c1ccc(C)cc1. The molecule has 0 saturated carbocycles. The minimum absolute atomic E-state index is 0.0420. The molecule has 8 nitrogen and oxygen atoms in total. The number of carbonyl (C=O) groups is 2. The Kier molecular flexibility index (Phi) is 11.0. The third-order valence-corrected chi connectivity index (χ3v) is 8.45. The van der Waals surface area contributed by atoms with E-state index in [-0.39, 0.29) is 23.0 Å². The molecule has 0 saturated heterocycles. The van der Waals surface area contributed by atoms with E-state index in [0.717, 1.165) is 21.9 Å². The Bertz CT molecular complexity index is 1400. The number of halogens is 1. The van der Waals surface area contributed by atoms with Crippen molar-refractivity contribution in [1.29, 1.82) is 0 Å². The highest BCUT2D eigenvalue weighted by atomic mass is 35.5. The van der Waals surface area contributed by atoms with Crippen molar-refractivity contribution in [2.45, 2.75) is 51.1 Å². The van der Waals surface area contributed by atoms with Gasteiger partial charge in [-0.05, 0) is 67.8 Å². The maximum Gasteiger partial charge on any atom is 0.264 e. The average molecular weight is 586 g/mol. The molecule has 3 aromatic rings. The van der Waals surface area contributed by atoms with Gasteiger partial charge in [0, 0.05) is 18.1 Å². The molecule has 40 heavy (non-hydrogen) atoms. The van der Waals surface area contributed by atoms with E-state index < -0.39 is 28.5 Å². The summed E-state index contributed by atoms with van der Waals surface area (Å²) in [4.78, 5) is 28.7. The van der Waals surface area contributed by atoms with Gasteiger partial charge in [-0.3, -0.25) is 13.9 Å². The number of rotatable bonds is 13. The summed E-state index contributed by atoms with van der Waals surface area (Å²) in [5.41, 5.74) is 1.92. The Morgan fingerprint density at radius 3 is 2.25 bits per heavy atom. The lowest BCUT2D eigenvalue weighted by Gasteiger charge is -2.33. The molecule has 10 heteroatoms. The summed E-state index contributed by atoms with van der Waals surface area (Å²) in [6, 6.07) is 19.1. The van der Waals surface area contributed by atoms with Crippen LogP contribution >= 0.6 is 11.6 Å². The Morgan fingerprint density at radius 2 is 1.68 bits per heavy atom. The maximum atomic E-state index is 14.0. The summed E-state index contributed by atoms with van der Waals surface area (Å²) in [5.74, 6) is -0.155. The monoisotopic (exact) mass is 585 g/mol. The van der Waals surface area contributed by atoms with Crippen molar-refractivity contribution in [1.82, 2.24) is 10.2 Å². The van der Waals surface area contributed by atoms with Crippen molar-refractivity contribution < 1.29 is 22.7 Å². The zero-order valence-corrected chi connectivity index (χ0v) is 24.8. The van der Waals surface area contributed by atoms with Crippen LogP contribution in [0.1, 0.15) is 37.8 Å². The van der Waals surface area contributed by atoms with Crippen LogP contribution in [0.3, 0.4) is 0 Å². The maximum absolute atomic E-state index is 14.0. The lowest BCUT2D eigenvalue weighted by atomic mass is 10.1. The Labute approximate surface area is 241 Å². The molecule has 0 heterocycles. The van der Waals surface area contributed by atoms with Crippen LogP contribution in [-0.4, -0.2) is 51.4 Å². The zero-order chi connectivity index (χ0) is 29.3. The van der Waals surface area contributed by atoms with E-state index in [1.807, 2.05) is 32.9 Å². The smallest absolute Gasteiger partial charge is 0.264 e. The van der Waals surface area contributed by atoms with Crippen LogP contribution < -0.4 is 14.4 Å². The van der Waals surface area contributed by atoms with E-state index in [9.17, 15) is 18.0 Å². The van der Waals surface area contributed by atoms with Gasteiger partial charge in [-0.15, -0.1) is 0 Å². The lowest BCUT2D eigenvalue weighted by Crippen LogP contribution is -2.52. The third kappa shape index (κ3) is 7.76. The molecule has 0 bridgehead atoms. The number of nitrogens with zero attached hydrogens (tertiary/aromatic N) is 2. The summed E-state index contributed by atoms with van der Waals surface area (Å²) in [5, 5.41) is 3.20. The molecular weight excluding hydrogens is 550 g/mol. The van der Waals surface area contributed by atoms with Gasteiger partial charge in [0.15, 0.2) is 0 Å². The van der Waals surface area contributed by atoms with E-state index in [1.54, 1.807) is 49.6 Å². The van der Waals surface area contributed by atoms with Gasteiger partial charge in [0.05, 0.1) is 17.7 Å². The first kappa shape index (κ1) is 31.0. The Balaban J connectivity index is 2.04. The fourth-order valence-corrected chi connectivity index (χ4v) is 5.80. The van der Waals surface area contributed by atoms with E-state index in [2.05, 4.69) is 5.32 Å². The number of nitrogens with one attached hydrogen (secondary N) is 1. The van der Waals surface area contributed by atoms with E-state index in [0.29, 0.717) is 23.7 Å². The largest absolute Gasteiger partial charge is 0.497 e. The second kappa shape index (κ2) is 14.2. The molecule has 0 aliphatic heterocycles. The second-order valence-electron chi connectivity index (χ2n) is 9.39. The minimum Gasteiger partial charge on any atom is -0.497 e. The number of sulfonamides is 1. The number of carbonyl (C=O) groups excluding carboxylic acids is 2. The lowest BCUT2D eigenvalue weighted by molar-refractivity contribution is -0.140. The number of aryl methyl sites for hydroxylation is 1. The molecule has 0 radical (unpaired) electrons. The fourth-order valence-electron chi connectivity index (χ4n) is 4.21. The predicted octanol–water partition coefficient (Wildman–Crippen LogP) is 5.19. The first-order valence-corrected chi connectivity index (χ1v) is 15.0. The van der Waals surface area contributed by atoms with Gasteiger partial charge < -0.3 is 15.0 Å². The topological polar surface area (TPSA) is 96.0 Å². The quantitative estimate of drug-likeness (QED) is 0.298. The molecular formula is C30H36ClN3O5S. The number of ether oxygens (including phenoxy) is 1. The van der Waals surface area contributed by atoms with Gasteiger partial charge in [0.2, 0.25) is 11.8 Å². The van der Waals surface area contributed by atoms with Crippen molar-refractivity contribution in [3.05, 3.63) is 88.9 Å². The van der Waals surface area contributed by atoms with Crippen LogP contribution in [0.2, 0.25) is 5.02 Å². The summed E-state index contributed by atoms with van der Waals surface area (Å²) in [6.07, 6.45) is 1.09. The van der Waals surface area contributed by atoms with Gasteiger partial charge >= 0.3 is 0 Å². The van der Waals surface area contributed by atoms with Crippen molar-refractivity contribution in [2.24, 2.45) is 0 Å². The number of benzene rings is 3. The summed E-state index contributed by atoms with van der Waals surface area (Å²) < 4.78 is 34.0. The predicted molar refractivity (Wildman–Crippen MR) is 158 cm³/mol. The third-order valence-electron chi connectivity index (χ3n) is 6.43. The van der Waals surface area contributed by atoms with E-state index in [4.69, 9.17) is 16.3 Å². The zero-order valence-electron chi connectivity index (χ0n) is 23.3. The standard InChI is InChI=1S/C30H36ClN3O5S/c1-5-18-32-30(36)28(6-2)33(20-23-12-14-26(39-4)15-13-23)29(35)21-34(25-9-7-8-24(31)19-25)40(37,38)27-16-10-22(3)11-17-27/h7-17,19,28H,5-6,18,20-21H2,1-4H3,(H,32,36)/t28-/m0/s1. The summed E-state index contributed by atoms with van der Waals surface area (Å²) in [6.45, 7) is 5.68. The van der Waals surface area contributed by atoms with Gasteiger partial charge in [-0.25, -0.2) is 8.42 Å².